The molecule has 2 saturated heterocycles. The number of rotatable bonds is 10. The molecule has 0 spiro atoms. The van der Waals surface area contributed by atoms with Crippen molar-refractivity contribution >= 4 is 11.6 Å². The van der Waals surface area contributed by atoms with E-state index in [1.807, 2.05) is 6.92 Å². The molecular weight excluding hydrogens is 406 g/mol. The minimum Gasteiger partial charge on any atom is -0.481 e. The summed E-state index contributed by atoms with van der Waals surface area (Å²) in [5, 5.41) is 30.6. The monoisotopic (exact) mass is 437 g/mol. The van der Waals surface area contributed by atoms with Gasteiger partial charge in [0.2, 0.25) is 5.88 Å². The van der Waals surface area contributed by atoms with Crippen LogP contribution in [0, 0.1) is 11.8 Å². The van der Waals surface area contributed by atoms with Gasteiger partial charge in [0.05, 0.1) is 50.7 Å². The Morgan fingerprint density at radius 1 is 1.23 bits per heavy atom. The average Bonchev–Trinajstić information content (AvgIpc) is 3.51. The van der Waals surface area contributed by atoms with E-state index < -0.39 is 24.4 Å². The summed E-state index contributed by atoms with van der Waals surface area (Å²) in [5.74, 6) is -0.738. The summed E-state index contributed by atoms with van der Waals surface area (Å²) in [4.78, 5) is 28.6. The minimum absolute atomic E-state index is 0.0135. The molecule has 9 nitrogen and oxygen atoms in total. The molecule has 1 aromatic heterocycles. The maximum atomic E-state index is 12.3. The number of aromatic nitrogens is 1. The minimum atomic E-state index is -1.23. The van der Waals surface area contributed by atoms with E-state index in [0.717, 1.165) is 0 Å². The second-order valence-corrected chi connectivity index (χ2v) is 8.52. The molecule has 3 rings (SSSR count). The second-order valence-electron chi connectivity index (χ2n) is 8.52. The molecule has 3 heterocycles. The number of ketones is 2. The van der Waals surface area contributed by atoms with E-state index in [9.17, 15) is 24.9 Å². The highest BCUT2D eigenvalue weighted by molar-refractivity contribution is 6.07. The number of pyridine rings is 1. The van der Waals surface area contributed by atoms with E-state index in [2.05, 4.69) is 4.98 Å². The zero-order chi connectivity index (χ0) is 22.7. The van der Waals surface area contributed by atoms with Gasteiger partial charge in [-0.05, 0) is 19.4 Å². The van der Waals surface area contributed by atoms with Crippen molar-refractivity contribution in [3.63, 3.8) is 0 Å². The molecule has 8 atom stereocenters. The quantitative estimate of drug-likeness (QED) is 0.272. The third kappa shape index (κ3) is 5.87. The van der Waals surface area contributed by atoms with Gasteiger partial charge in [0, 0.05) is 36.1 Å². The molecule has 0 saturated carbocycles. The van der Waals surface area contributed by atoms with Crippen LogP contribution >= 0.6 is 0 Å². The topological polar surface area (TPSA) is 139 Å². The van der Waals surface area contributed by atoms with Crippen molar-refractivity contribution in [3.05, 3.63) is 23.9 Å². The van der Waals surface area contributed by atoms with Crippen LogP contribution in [0.2, 0.25) is 0 Å². The van der Waals surface area contributed by atoms with Crippen LogP contribution < -0.4 is 4.74 Å². The summed E-state index contributed by atoms with van der Waals surface area (Å²) >= 11 is 0. The van der Waals surface area contributed by atoms with Crippen LogP contribution in [0.4, 0.5) is 0 Å². The molecule has 3 N–H and O–H groups in total. The van der Waals surface area contributed by atoms with Gasteiger partial charge in [0.1, 0.15) is 11.9 Å². The first-order valence-corrected chi connectivity index (χ1v) is 10.6. The lowest BCUT2D eigenvalue weighted by Crippen LogP contribution is -2.51. The number of epoxide rings is 1. The van der Waals surface area contributed by atoms with E-state index >= 15 is 0 Å². The Balaban J connectivity index is 1.46. The van der Waals surface area contributed by atoms with Gasteiger partial charge in [-0.3, -0.25) is 9.59 Å². The Hall–Kier alpha value is -1.91. The molecule has 0 amide bonds. The van der Waals surface area contributed by atoms with Crippen molar-refractivity contribution < 1.29 is 39.1 Å². The average molecular weight is 437 g/mol. The van der Waals surface area contributed by atoms with E-state index in [1.54, 1.807) is 6.92 Å². The van der Waals surface area contributed by atoms with Gasteiger partial charge >= 0.3 is 0 Å². The number of hydrogen-bond donors (Lipinski definition) is 3. The highest BCUT2D eigenvalue weighted by Gasteiger charge is 2.48. The predicted molar refractivity (Wildman–Crippen MR) is 109 cm³/mol. The second kappa shape index (κ2) is 10.1. The van der Waals surface area contributed by atoms with Gasteiger partial charge in [-0.15, -0.1) is 0 Å². The van der Waals surface area contributed by atoms with Gasteiger partial charge < -0.3 is 29.5 Å². The van der Waals surface area contributed by atoms with Gasteiger partial charge in [0.25, 0.3) is 0 Å². The Morgan fingerprint density at radius 3 is 2.58 bits per heavy atom. The first kappa shape index (κ1) is 23.7. The van der Waals surface area contributed by atoms with Crippen LogP contribution in [0.5, 0.6) is 5.88 Å². The number of aliphatic hydroxyl groups is 3. The first-order valence-electron chi connectivity index (χ1n) is 10.6. The molecule has 2 fully saturated rings. The molecule has 0 bridgehead atoms. The van der Waals surface area contributed by atoms with Gasteiger partial charge in [-0.2, -0.15) is 0 Å². The number of carbonyl (C=O) groups is 2. The molecule has 31 heavy (non-hydrogen) atoms. The summed E-state index contributed by atoms with van der Waals surface area (Å²) in [6.07, 6.45) is -2.45. The van der Waals surface area contributed by atoms with Crippen LogP contribution in [-0.2, 0) is 14.3 Å². The predicted octanol–water partition coefficient (Wildman–Crippen LogP) is 0.533. The molecule has 0 unspecified atom stereocenters. The lowest BCUT2D eigenvalue weighted by Gasteiger charge is -2.37. The summed E-state index contributed by atoms with van der Waals surface area (Å²) in [5.41, 5.74) is 0.296. The van der Waals surface area contributed by atoms with Crippen molar-refractivity contribution in [2.75, 3.05) is 13.7 Å². The fourth-order valence-electron chi connectivity index (χ4n) is 3.96. The molecule has 0 radical (unpaired) electrons. The summed E-state index contributed by atoms with van der Waals surface area (Å²) < 4.78 is 16.2. The number of carbonyl (C=O) groups excluding carboxylic acids is 2. The highest BCUT2D eigenvalue weighted by Crippen LogP contribution is 2.38. The maximum Gasteiger partial charge on any atom is 0.212 e. The summed E-state index contributed by atoms with van der Waals surface area (Å²) in [7, 11) is 1.47. The molecule has 1 aromatic rings. The molecular formula is C22H31NO8. The molecule has 9 heteroatoms. The SMILES string of the molecule is COc1ccc(C(=O)CC(=O)C[C@@H]2OC[C@H](C[C@@H]3O[C@H]3[C@@H](C)[C@H](C)O)[C@@H](O)[C@H]2O)cn1. The van der Waals surface area contributed by atoms with Gasteiger partial charge in [0.15, 0.2) is 5.78 Å². The fourth-order valence-corrected chi connectivity index (χ4v) is 3.96. The van der Waals surface area contributed by atoms with Gasteiger partial charge in [-0.1, -0.05) is 6.92 Å². The number of methoxy groups -OCH3 is 1. The molecule has 172 valence electrons. The van der Waals surface area contributed by atoms with E-state index in [4.69, 9.17) is 14.2 Å². The van der Waals surface area contributed by atoms with Crippen molar-refractivity contribution in [1.82, 2.24) is 4.98 Å². The Labute approximate surface area is 181 Å². The molecule has 2 aliphatic rings. The number of Topliss-reactive ketones (excluding diaryl/α,β-unsaturated/α-hetero) is 2. The summed E-state index contributed by atoms with van der Waals surface area (Å²) in [6.45, 7) is 3.80. The van der Waals surface area contributed by atoms with Crippen LogP contribution in [0.25, 0.3) is 0 Å². The van der Waals surface area contributed by atoms with Crippen LogP contribution in [0.3, 0.4) is 0 Å². The number of aliphatic hydroxyl groups excluding tert-OH is 3. The Bertz CT molecular complexity index is 767. The smallest absolute Gasteiger partial charge is 0.212 e. The standard InChI is InChI=1S/C22H31NO8/c1-11(12(2)24)22-18(31-22)6-14-10-30-17(21(28)20(14)27)8-15(25)7-16(26)13-4-5-19(29-3)23-9-13/h4-5,9,11-12,14,17-18,20-22,24,27-28H,6-8,10H2,1-3H3/t11-,12-,14-,17-,18-,20+,21-,22-/m0/s1. The van der Waals surface area contributed by atoms with Crippen LogP contribution in [0.15, 0.2) is 18.3 Å². The lowest BCUT2D eigenvalue weighted by molar-refractivity contribution is -0.170. The third-order valence-electron chi connectivity index (χ3n) is 6.23. The normalized spacial score (nSPS) is 32.2. The van der Waals surface area contributed by atoms with Crippen molar-refractivity contribution in [1.29, 1.82) is 0 Å². The third-order valence-corrected chi connectivity index (χ3v) is 6.23. The van der Waals surface area contributed by atoms with Crippen LogP contribution in [0.1, 0.15) is 43.5 Å². The molecule has 0 aromatic carbocycles. The maximum absolute atomic E-state index is 12.3. The zero-order valence-electron chi connectivity index (χ0n) is 18.0. The number of ether oxygens (including phenoxy) is 3. The van der Waals surface area contributed by atoms with Crippen molar-refractivity contribution in [3.8, 4) is 5.88 Å². The summed E-state index contributed by atoms with van der Waals surface area (Å²) in [6, 6.07) is 3.08. The highest BCUT2D eigenvalue weighted by atomic mass is 16.6. The Kier molecular flexibility index (Phi) is 7.77. The van der Waals surface area contributed by atoms with Crippen LogP contribution in [-0.4, -0.2) is 82.2 Å². The Morgan fingerprint density at radius 2 is 1.97 bits per heavy atom. The first-order chi connectivity index (χ1) is 14.7. The van der Waals surface area contributed by atoms with Crippen molar-refractivity contribution in [2.45, 2.75) is 69.7 Å². The number of hydrogen-bond acceptors (Lipinski definition) is 9. The van der Waals surface area contributed by atoms with E-state index in [1.165, 1.54) is 25.4 Å². The molecule has 2 aliphatic heterocycles. The molecule has 0 aliphatic carbocycles. The van der Waals surface area contributed by atoms with Crippen molar-refractivity contribution in [2.24, 2.45) is 11.8 Å². The van der Waals surface area contributed by atoms with Gasteiger partial charge in [-0.25, -0.2) is 4.98 Å². The van der Waals surface area contributed by atoms with E-state index in [0.29, 0.717) is 17.9 Å². The zero-order valence-corrected chi connectivity index (χ0v) is 18.0. The number of nitrogens with zero attached hydrogens (tertiary/aromatic N) is 1. The van der Waals surface area contributed by atoms with E-state index in [-0.39, 0.29) is 55.1 Å². The fraction of sp³-hybridized carbons (Fsp3) is 0.682. The lowest BCUT2D eigenvalue weighted by atomic mass is 9.85. The largest absolute Gasteiger partial charge is 0.481 e.